The maximum Gasteiger partial charge on any atom is 0.281 e. The fraction of sp³-hybridized carbons (Fsp3) is 0.417. The molecule has 2 rings (SSSR count). The molecule has 0 unspecified atom stereocenters. The van der Waals surface area contributed by atoms with Crippen LogP contribution in [-0.4, -0.2) is 30.1 Å². The summed E-state index contributed by atoms with van der Waals surface area (Å²) in [7, 11) is 0.490. The zero-order valence-corrected chi connectivity index (χ0v) is 9.52. The van der Waals surface area contributed by atoms with Crippen molar-refractivity contribution in [3.05, 3.63) is 34.9 Å². The van der Waals surface area contributed by atoms with E-state index in [2.05, 4.69) is 17.8 Å². The second-order valence-corrected chi connectivity index (χ2v) is 4.23. The van der Waals surface area contributed by atoms with Gasteiger partial charge in [-0.05, 0) is 36.6 Å². The van der Waals surface area contributed by atoms with Gasteiger partial charge in [-0.3, -0.25) is 0 Å². The average molecular weight is 217 g/mol. The van der Waals surface area contributed by atoms with Crippen molar-refractivity contribution in [2.75, 3.05) is 6.54 Å². The number of benzene rings is 1. The van der Waals surface area contributed by atoms with Gasteiger partial charge < -0.3 is 14.7 Å². The van der Waals surface area contributed by atoms with Crippen LogP contribution in [0.1, 0.15) is 29.7 Å². The summed E-state index contributed by atoms with van der Waals surface area (Å²) in [4.78, 5) is 12.7. The molecule has 0 amide bonds. The summed E-state index contributed by atoms with van der Waals surface area (Å²) in [6, 6.07) is 6.31. The van der Waals surface area contributed by atoms with Gasteiger partial charge in [0, 0.05) is 6.04 Å². The number of carbonyl (C=O) groups is 1. The van der Waals surface area contributed by atoms with E-state index in [9.17, 15) is 9.90 Å². The smallest absolute Gasteiger partial charge is 0.281 e. The molecule has 0 radical (unpaired) electrons. The Labute approximate surface area is 96.3 Å². The molecule has 1 heterocycles. The van der Waals surface area contributed by atoms with Gasteiger partial charge in [0.25, 0.3) is 7.41 Å². The fourth-order valence-electron chi connectivity index (χ4n) is 2.49. The van der Waals surface area contributed by atoms with Crippen LogP contribution in [0.5, 0.6) is 0 Å². The predicted molar refractivity (Wildman–Crippen MR) is 65.1 cm³/mol. The lowest BCUT2D eigenvalue weighted by Gasteiger charge is -2.34. The summed E-state index contributed by atoms with van der Waals surface area (Å²) in [6.07, 6.45) is 1.88. The van der Waals surface area contributed by atoms with E-state index in [-0.39, 0.29) is 12.6 Å². The minimum atomic E-state index is 0.101. The molecule has 0 aromatic heterocycles. The maximum atomic E-state index is 10.6. The van der Waals surface area contributed by atoms with Crippen LogP contribution >= 0.6 is 0 Å². The second-order valence-electron chi connectivity index (χ2n) is 4.23. The molecule has 4 heteroatoms. The van der Waals surface area contributed by atoms with Crippen LogP contribution in [0.3, 0.4) is 0 Å². The van der Waals surface area contributed by atoms with Gasteiger partial charge in [-0.2, -0.15) is 0 Å². The number of fused-ring (bicyclic) bond motifs is 1. The Balaban J connectivity index is 2.34. The van der Waals surface area contributed by atoms with Gasteiger partial charge in [-0.15, -0.1) is 0 Å². The summed E-state index contributed by atoms with van der Waals surface area (Å²) in [5, 5.41) is 9.28. The lowest BCUT2D eigenvalue weighted by atomic mass is 9.82. The van der Waals surface area contributed by atoms with Gasteiger partial charge in [-0.1, -0.05) is 18.2 Å². The third kappa shape index (κ3) is 1.90. The normalized spacial score (nSPS) is 20.2. The highest BCUT2D eigenvalue weighted by atomic mass is 16.3. The molecule has 3 nitrogen and oxygen atoms in total. The van der Waals surface area contributed by atoms with E-state index in [1.807, 2.05) is 12.1 Å². The lowest BCUT2D eigenvalue weighted by Crippen LogP contribution is -2.37. The molecule has 16 heavy (non-hydrogen) atoms. The molecule has 0 saturated carbocycles. The third-order valence-corrected chi connectivity index (χ3v) is 3.44. The Hall–Kier alpha value is -1.13. The van der Waals surface area contributed by atoms with E-state index >= 15 is 0 Å². The Morgan fingerprint density at radius 1 is 1.62 bits per heavy atom. The molecule has 0 saturated heterocycles. The second kappa shape index (κ2) is 4.81. The molecule has 84 valence electrons. The largest absolute Gasteiger partial charge is 0.392 e. The van der Waals surface area contributed by atoms with E-state index in [4.69, 9.17) is 0 Å². The summed E-state index contributed by atoms with van der Waals surface area (Å²) < 4.78 is 0. The lowest BCUT2D eigenvalue weighted by molar-refractivity contribution is 0.276. The number of aliphatic hydroxyl groups excluding tert-OH is 1. The molecule has 1 aliphatic heterocycles. The first kappa shape index (κ1) is 11.4. The van der Waals surface area contributed by atoms with Gasteiger partial charge in [0.1, 0.15) is 0 Å². The standard InChI is InChI=1S/C12H16BNO2/c1-9-11-4-2-3-10(7-15)12(11)5-6-14(9)13-8-16/h2-4,8-9,13,15H,5-7H2,1H3/t9-/m0/s1. The van der Waals surface area contributed by atoms with Crippen molar-refractivity contribution < 1.29 is 9.90 Å². The number of rotatable bonds is 3. The molecule has 1 aromatic carbocycles. The Morgan fingerprint density at radius 2 is 2.44 bits per heavy atom. The number of carbonyl (C=O) groups excluding carboxylic acids is 1. The summed E-state index contributed by atoms with van der Waals surface area (Å²) in [5.41, 5.74) is 3.54. The van der Waals surface area contributed by atoms with Gasteiger partial charge >= 0.3 is 0 Å². The Morgan fingerprint density at radius 3 is 3.12 bits per heavy atom. The monoisotopic (exact) mass is 217 g/mol. The highest BCUT2D eigenvalue weighted by Crippen LogP contribution is 2.30. The van der Waals surface area contributed by atoms with Gasteiger partial charge in [-0.25, -0.2) is 0 Å². The summed E-state index contributed by atoms with van der Waals surface area (Å²) >= 11 is 0. The van der Waals surface area contributed by atoms with Gasteiger partial charge in [0.15, 0.2) is 0 Å². The van der Waals surface area contributed by atoms with Gasteiger partial charge in [0.2, 0.25) is 0 Å². The minimum absolute atomic E-state index is 0.101. The molecule has 0 fully saturated rings. The highest BCUT2D eigenvalue weighted by Gasteiger charge is 2.24. The molecule has 1 N–H and O–H groups in total. The number of hydrogen-bond acceptors (Lipinski definition) is 3. The van der Waals surface area contributed by atoms with Crippen LogP contribution in [0, 0.1) is 0 Å². The van der Waals surface area contributed by atoms with Gasteiger partial charge in [0.05, 0.1) is 12.8 Å². The molecule has 1 aliphatic rings. The third-order valence-electron chi connectivity index (χ3n) is 3.44. The van der Waals surface area contributed by atoms with Crippen molar-refractivity contribution in [2.24, 2.45) is 0 Å². The van der Waals surface area contributed by atoms with Crippen molar-refractivity contribution in [1.82, 2.24) is 4.81 Å². The summed E-state index contributed by atoms with van der Waals surface area (Å²) in [6.45, 7) is 3.11. The van der Waals surface area contributed by atoms with Crippen LogP contribution < -0.4 is 0 Å². The predicted octanol–water partition coefficient (Wildman–Crippen LogP) is 0.640. The van der Waals surface area contributed by atoms with E-state index in [0.717, 1.165) is 24.7 Å². The van der Waals surface area contributed by atoms with E-state index < -0.39 is 0 Å². The van der Waals surface area contributed by atoms with Crippen LogP contribution in [-0.2, 0) is 17.8 Å². The summed E-state index contributed by atoms with van der Waals surface area (Å²) in [5.74, 6) is 0. The number of hydrogen-bond donors (Lipinski definition) is 1. The molecule has 0 aliphatic carbocycles. The maximum absolute atomic E-state index is 10.6. The first-order valence-corrected chi connectivity index (χ1v) is 5.67. The molecule has 1 atom stereocenters. The fourth-order valence-corrected chi connectivity index (χ4v) is 2.49. The first-order valence-electron chi connectivity index (χ1n) is 5.67. The average Bonchev–Trinajstić information content (AvgIpc) is 2.32. The van der Waals surface area contributed by atoms with Crippen LogP contribution in [0.4, 0.5) is 0 Å². The van der Waals surface area contributed by atoms with Crippen molar-refractivity contribution >= 4 is 13.6 Å². The van der Waals surface area contributed by atoms with E-state index in [1.54, 1.807) is 0 Å². The minimum Gasteiger partial charge on any atom is -0.392 e. The quantitative estimate of drug-likeness (QED) is 0.596. The molecule has 1 aromatic rings. The van der Waals surface area contributed by atoms with Crippen molar-refractivity contribution in [2.45, 2.75) is 26.0 Å². The van der Waals surface area contributed by atoms with Crippen LogP contribution in [0.2, 0.25) is 0 Å². The van der Waals surface area contributed by atoms with E-state index in [0.29, 0.717) is 7.41 Å². The van der Waals surface area contributed by atoms with Crippen LogP contribution in [0.15, 0.2) is 18.2 Å². The van der Waals surface area contributed by atoms with Crippen molar-refractivity contribution in [3.63, 3.8) is 0 Å². The molecule has 0 spiro atoms. The Bertz CT molecular complexity index is 395. The molecule has 0 bridgehead atoms. The molecular formula is C12H16BNO2. The Kier molecular flexibility index (Phi) is 3.41. The zero-order chi connectivity index (χ0) is 11.5. The van der Waals surface area contributed by atoms with Crippen molar-refractivity contribution in [3.8, 4) is 0 Å². The van der Waals surface area contributed by atoms with E-state index in [1.165, 1.54) is 11.1 Å². The topological polar surface area (TPSA) is 40.5 Å². The number of aliphatic hydroxyl groups is 1. The SMILES string of the molecule is C[C@H]1c2cccc(CO)c2CCN1BC=O. The zero-order valence-electron chi connectivity index (χ0n) is 9.52. The van der Waals surface area contributed by atoms with Crippen molar-refractivity contribution in [1.29, 1.82) is 0 Å². The highest BCUT2D eigenvalue weighted by molar-refractivity contribution is 6.64. The van der Waals surface area contributed by atoms with Crippen LogP contribution in [0.25, 0.3) is 0 Å². The first-order chi connectivity index (χ1) is 7.77. The number of nitrogens with zero attached hydrogens (tertiary/aromatic N) is 1. The molecular weight excluding hydrogens is 201 g/mol.